The predicted octanol–water partition coefficient (Wildman–Crippen LogP) is 13.9. The lowest BCUT2D eigenvalue weighted by Gasteiger charge is -2.53. The van der Waals surface area contributed by atoms with Gasteiger partial charge in [-0.05, 0) is 149 Å². The molecule has 1 heterocycles. The molecule has 14 rings (SSSR count). The van der Waals surface area contributed by atoms with E-state index in [1.807, 2.05) is 0 Å². The van der Waals surface area contributed by atoms with Gasteiger partial charge in [0, 0.05) is 45.6 Å². The summed E-state index contributed by atoms with van der Waals surface area (Å²) in [6, 6.07) is 49.2. The third kappa shape index (κ3) is 4.11. The van der Waals surface area contributed by atoms with Gasteiger partial charge < -0.3 is 9.32 Å². The van der Waals surface area contributed by atoms with Crippen molar-refractivity contribution in [2.24, 2.45) is 23.7 Å². The molecule has 0 N–H and O–H groups in total. The molecule has 0 radical (unpaired) electrons. The van der Waals surface area contributed by atoms with Gasteiger partial charge in [0.25, 0.3) is 0 Å². The topological polar surface area (TPSA) is 16.4 Å². The van der Waals surface area contributed by atoms with Crippen molar-refractivity contribution >= 4 is 33.3 Å². The predicted molar refractivity (Wildman–Crippen MR) is 225 cm³/mol. The minimum absolute atomic E-state index is 0.107. The maximum absolute atomic E-state index is 6.58. The van der Waals surface area contributed by atoms with Gasteiger partial charge in [0.15, 0.2) is 0 Å². The molecule has 4 bridgehead atoms. The van der Waals surface area contributed by atoms with Crippen LogP contribution in [0.4, 0.5) is 11.4 Å². The third-order valence-electron chi connectivity index (χ3n) is 16.0. The van der Waals surface area contributed by atoms with Gasteiger partial charge in [0.1, 0.15) is 11.2 Å². The Bertz CT molecular complexity index is 2700. The van der Waals surface area contributed by atoms with Gasteiger partial charge in [0.2, 0.25) is 0 Å². The van der Waals surface area contributed by atoms with Gasteiger partial charge in [-0.2, -0.15) is 0 Å². The highest BCUT2D eigenvalue weighted by Gasteiger charge is 2.60. The number of furan rings is 1. The zero-order chi connectivity index (χ0) is 35.9. The van der Waals surface area contributed by atoms with Crippen molar-refractivity contribution in [3.63, 3.8) is 0 Å². The molecular formula is C53H47NO. The highest BCUT2D eigenvalue weighted by molar-refractivity contribution is 6.06. The maximum Gasteiger partial charge on any atom is 0.137 e. The highest BCUT2D eigenvalue weighted by atomic mass is 16.3. The van der Waals surface area contributed by atoms with E-state index in [0.29, 0.717) is 5.92 Å². The lowest BCUT2D eigenvalue weighted by molar-refractivity contribution is 0.0613. The number of anilines is 2. The first-order chi connectivity index (χ1) is 27.2. The van der Waals surface area contributed by atoms with Crippen molar-refractivity contribution in [3.05, 3.63) is 155 Å². The van der Waals surface area contributed by atoms with E-state index < -0.39 is 0 Å². The normalized spacial score (nSPS) is 26.1. The van der Waals surface area contributed by atoms with Crippen LogP contribution in [0.15, 0.2) is 132 Å². The van der Waals surface area contributed by atoms with Crippen LogP contribution in [0.2, 0.25) is 0 Å². The summed E-state index contributed by atoms with van der Waals surface area (Å²) in [7, 11) is 0. The molecule has 5 saturated carbocycles. The SMILES string of the molecule is c1ccc2c(c1)-c1ccc(N(Cc3cccc4c3C3(c5ccccc5-4)C4CCC5CC(C4)CC3C5)c3ccc4c(c3)oc3ccccc34)cc1C21CCCC1. The van der Waals surface area contributed by atoms with Gasteiger partial charge >= 0.3 is 0 Å². The molecule has 5 atom stereocenters. The van der Waals surface area contributed by atoms with Crippen LogP contribution in [0, 0.1) is 23.7 Å². The highest BCUT2D eigenvalue weighted by Crippen LogP contribution is 2.68. The zero-order valence-electron chi connectivity index (χ0n) is 31.6. The van der Waals surface area contributed by atoms with Crippen LogP contribution >= 0.6 is 0 Å². The summed E-state index contributed by atoms with van der Waals surface area (Å²) < 4.78 is 6.58. The van der Waals surface area contributed by atoms with E-state index in [2.05, 4.69) is 132 Å². The fourth-order valence-corrected chi connectivity index (χ4v) is 14.1. The summed E-state index contributed by atoms with van der Waals surface area (Å²) in [5.41, 5.74) is 18.4. The first-order valence-corrected chi connectivity index (χ1v) is 21.3. The van der Waals surface area contributed by atoms with Gasteiger partial charge in [-0.25, -0.2) is 0 Å². The van der Waals surface area contributed by atoms with Gasteiger partial charge in [-0.15, -0.1) is 0 Å². The maximum atomic E-state index is 6.58. The van der Waals surface area contributed by atoms with E-state index in [-0.39, 0.29) is 10.8 Å². The number of para-hydroxylation sites is 1. The summed E-state index contributed by atoms with van der Waals surface area (Å²) >= 11 is 0. The number of nitrogens with zero attached hydrogens (tertiary/aromatic N) is 1. The van der Waals surface area contributed by atoms with Crippen molar-refractivity contribution in [1.82, 2.24) is 0 Å². The van der Waals surface area contributed by atoms with Crippen molar-refractivity contribution in [2.75, 3.05) is 4.90 Å². The molecule has 0 aliphatic heterocycles. The van der Waals surface area contributed by atoms with E-state index in [9.17, 15) is 0 Å². The zero-order valence-corrected chi connectivity index (χ0v) is 31.6. The lowest BCUT2D eigenvalue weighted by Crippen LogP contribution is -2.48. The molecule has 0 amide bonds. The van der Waals surface area contributed by atoms with Crippen molar-refractivity contribution in [2.45, 2.75) is 81.6 Å². The van der Waals surface area contributed by atoms with Gasteiger partial charge in [-0.3, -0.25) is 0 Å². The van der Waals surface area contributed by atoms with E-state index >= 15 is 0 Å². The van der Waals surface area contributed by atoms with Crippen LogP contribution in [-0.4, -0.2) is 0 Å². The Hall–Kier alpha value is -5.08. The molecule has 5 fully saturated rings. The van der Waals surface area contributed by atoms with Gasteiger partial charge in [-0.1, -0.05) is 110 Å². The van der Waals surface area contributed by atoms with Crippen LogP contribution in [0.3, 0.4) is 0 Å². The molecule has 7 aromatic rings. The summed E-state index contributed by atoms with van der Waals surface area (Å²) in [6.45, 7) is 0.829. The van der Waals surface area contributed by atoms with Crippen molar-refractivity contribution in [3.8, 4) is 22.3 Å². The smallest absolute Gasteiger partial charge is 0.137 e. The second-order valence-corrected chi connectivity index (χ2v) is 18.3. The Morgan fingerprint density at radius 1 is 0.527 bits per heavy atom. The Labute approximate surface area is 324 Å². The molecule has 7 aliphatic carbocycles. The first-order valence-electron chi connectivity index (χ1n) is 21.3. The summed E-state index contributed by atoms with van der Waals surface area (Å²) in [6.07, 6.45) is 13.5. The number of hydrogen-bond acceptors (Lipinski definition) is 2. The molecule has 6 aromatic carbocycles. The average molecular weight is 714 g/mol. The second-order valence-electron chi connectivity index (χ2n) is 18.3. The van der Waals surface area contributed by atoms with Crippen molar-refractivity contribution < 1.29 is 4.42 Å². The quantitative estimate of drug-likeness (QED) is 0.181. The van der Waals surface area contributed by atoms with Crippen LogP contribution < -0.4 is 4.90 Å². The molecular weight excluding hydrogens is 667 g/mol. The van der Waals surface area contributed by atoms with Gasteiger partial charge in [0.05, 0.1) is 0 Å². The molecule has 2 nitrogen and oxygen atoms in total. The molecule has 270 valence electrons. The fourth-order valence-electron chi connectivity index (χ4n) is 14.1. The Balaban J connectivity index is 1.02. The molecule has 55 heavy (non-hydrogen) atoms. The van der Waals surface area contributed by atoms with E-state index in [1.54, 1.807) is 22.3 Å². The van der Waals surface area contributed by atoms with Crippen molar-refractivity contribution in [1.29, 1.82) is 0 Å². The number of hydrogen-bond donors (Lipinski definition) is 0. The lowest BCUT2D eigenvalue weighted by atomic mass is 9.50. The average Bonchev–Trinajstić information content (AvgIpc) is 3.96. The van der Waals surface area contributed by atoms with Crippen LogP contribution in [0.25, 0.3) is 44.2 Å². The largest absolute Gasteiger partial charge is 0.456 e. The molecule has 0 saturated heterocycles. The summed E-state index contributed by atoms with van der Waals surface area (Å²) in [5.74, 6) is 3.26. The van der Waals surface area contributed by atoms with Crippen LogP contribution in [0.5, 0.6) is 0 Å². The molecule has 5 unspecified atom stereocenters. The van der Waals surface area contributed by atoms with E-state index in [4.69, 9.17) is 4.42 Å². The van der Waals surface area contributed by atoms with Crippen LogP contribution in [0.1, 0.15) is 92.0 Å². The fraction of sp³-hybridized carbons (Fsp3) is 0.321. The molecule has 7 aliphatic rings. The molecule has 2 heteroatoms. The second kappa shape index (κ2) is 11.3. The number of fused-ring (bicyclic) bond motifs is 12. The summed E-state index contributed by atoms with van der Waals surface area (Å²) in [5, 5.41) is 2.38. The molecule has 2 spiro atoms. The Morgan fingerprint density at radius 2 is 1.22 bits per heavy atom. The number of benzene rings is 6. The Morgan fingerprint density at radius 3 is 2.13 bits per heavy atom. The standard InChI is InChI=1S/C53H47NO/c1-4-15-46-40(11-1)42-22-20-38(30-48(42)52(46)24-7-8-25-52)54(39-21-23-44-43-13-3-6-17-49(43)55-50(44)31-39)32-35-10-9-14-45-41-12-2-5-16-47(41)53(51(35)45)36-19-18-33-26-34(28-36)29-37(53)27-33/h1-6,9-17,20-23,30-31,33-34,36-37H,7-8,18-19,24-29,32H2. The summed E-state index contributed by atoms with van der Waals surface area (Å²) in [4.78, 5) is 2.65. The minimum atomic E-state index is 0.107. The first kappa shape index (κ1) is 31.2. The number of rotatable bonds is 4. The molecule has 1 aromatic heterocycles. The third-order valence-corrected chi connectivity index (χ3v) is 16.0. The minimum Gasteiger partial charge on any atom is -0.456 e. The van der Waals surface area contributed by atoms with E-state index in [1.165, 1.54) is 114 Å². The van der Waals surface area contributed by atoms with E-state index in [0.717, 1.165) is 35.5 Å². The monoisotopic (exact) mass is 713 g/mol. The Kier molecular flexibility index (Phi) is 6.37. The van der Waals surface area contributed by atoms with Crippen LogP contribution in [-0.2, 0) is 17.4 Å².